The minimum atomic E-state index is 0.693. The Morgan fingerprint density at radius 1 is 1.03 bits per heavy atom. The predicted octanol–water partition coefficient (Wildman–Crippen LogP) is 4.45. The van der Waals surface area contributed by atoms with Crippen LogP contribution in [0.15, 0.2) is 48.9 Å². The minimum Gasteiger partial charge on any atom is -0.493 e. The number of ether oxygens (including phenoxy) is 2. The molecule has 4 aromatic rings. The topological polar surface area (TPSA) is 74.1 Å². The third-order valence-electron chi connectivity index (χ3n) is 4.92. The molecule has 0 aliphatic heterocycles. The van der Waals surface area contributed by atoms with Gasteiger partial charge < -0.3 is 14.8 Å². The summed E-state index contributed by atoms with van der Waals surface area (Å²) in [6, 6.07) is 11.7. The highest BCUT2D eigenvalue weighted by molar-refractivity contribution is 6.31. The van der Waals surface area contributed by atoms with Gasteiger partial charge in [-0.1, -0.05) is 23.7 Å². The van der Waals surface area contributed by atoms with E-state index in [9.17, 15) is 0 Å². The zero-order valence-electron chi connectivity index (χ0n) is 17.0. The Morgan fingerprint density at radius 2 is 1.87 bits per heavy atom. The molecule has 0 amide bonds. The van der Waals surface area contributed by atoms with Crippen LogP contribution in [-0.4, -0.2) is 40.5 Å². The number of nitrogens with zero attached hydrogens (tertiary/aromatic N) is 4. The molecular weight excluding hydrogens is 402 g/mol. The third kappa shape index (κ3) is 3.89. The van der Waals surface area contributed by atoms with Gasteiger partial charge in [-0.25, -0.2) is 14.6 Å². The average Bonchev–Trinajstić information content (AvgIpc) is 3.20. The number of nitrogens with one attached hydrogen (secondary N) is 1. The molecule has 0 aliphatic rings. The SMILES string of the molecule is COc1ccc(CCNc2ncnc3c2cnn3-c2ccc(C)c(Cl)c2)cc1OC. The highest BCUT2D eigenvalue weighted by atomic mass is 35.5. The van der Waals surface area contributed by atoms with Gasteiger partial charge in [0.2, 0.25) is 0 Å². The first-order valence-corrected chi connectivity index (χ1v) is 9.88. The molecule has 0 aliphatic carbocycles. The van der Waals surface area contributed by atoms with Gasteiger partial charge in [-0.2, -0.15) is 5.10 Å². The number of aryl methyl sites for hydroxylation is 1. The number of benzene rings is 2. The molecule has 0 atom stereocenters. The van der Waals surface area contributed by atoms with Crippen molar-refractivity contribution in [1.29, 1.82) is 0 Å². The minimum absolute atomic E-state index is 0.693. The molecule has 8 heteroatoms. The van der Waals surface area contributed by atoms with Crippen LogP contribution in [0.5, 0.6) is 11.5 Å². The molecule has 4 rings (SSSR count). The van der Waals surface area contributed by atoms with Gasteiger partial charge >= 0.3 is 0 Å². The maximum Gasteiger partial charge on any atom is 0.168 e. The average molecular weight is 424 g/mol. The van der Waals surface area contributed by atoms with Gasteiger partial charge in [0.05, 0.1) is 31.5 Å². The van der Waals surface area contributed by atoms with E-state index >= 15 is 0 Å². The van der Waals surface area contributed by atoms with E-state index in [0.29, 0.717) is 11.6 Å². The standard InChI is InChI=1S/C22H22ClN5O2/c1-14-4-6-16(11-18(14)23)28-22-17(12-27-28)21(25-13-26-22)24-9-8-15-5-7-19(29-2)20(10-15)30-3/h4-7,10-13H,8-9H2,1-3H3,(H,24,25,26). The number of aromatic nitrogens is 4. The number of hydrogen-bond donors (Lipinski definition) is 1. The van der Waals surface area contributed by atoms with Gasteiger partial charge in [-0.05, 0) is 48.7 Å². The lowest BCUT2D eigenvalue weighted by Crippen LogP contribution is -2.07. The van der Waals surface area contributed by atoms with Gasteiger partial charge in [0.15, 0.2) is 17.1 Å². The number of halogens is 1. The predicted molar refractivity (Wildman–Crippen MR) is 118 cm³/mol. The monoisotopic (exact) mass is 423 g/mol. The molecule has 30 heavy (non-hydrogen) atoms. The summed E-state index contributed by atoms with van der Waals surface area (Å²) < 4.78 is 12.4. The van der Waals surface area contributed by atoms with E-state index in [1.54, 1.807) is 25.1 Å². The van der Waals surface area contributed by atoms with E-state index < -0.39 is 0 Å². The van der Waals surface area contributed by atoms with Crippen molar-refractivity contribution in [1.82, 2.24) is 19.7 Å². The van der Waals surface area contributed by atoms with E-state index in [1.165, 1.54) is 6.33 Å². The van der Waals surface area contributed by atoms with Crippen LogP contribution in [-0.2, 0) is 6.42 Å². The Balaban J connectivity index is 1.53. The van der Waals surface area contributed by atoms with Crippen molar-refractivity contribution in [3.63, 3.8) is 0 Å². The van der Waals surface area contributed by atoms with Gasteiger partial charge in [0, 0.05) is 11.6 Å². The molecule has 0 saturated carbocycles. The van der Waals surface area contributed by atoms with E-state index in [1.807, 2.05) is 43.3 Å². The molecule has 0 bridgehead atoms. The van der Waals surface area contributed by atoms with Gasteiger partial charge in [-0.15, -0.1) is 0 Å². The molecule has 7 nitrogen and oxygen atoms in total. The van der Waals surface area contributed by atoms with Crippen LogP contribution in [0.25, 0.3) is 16.7 Å². The maximum atomic E-state index is 6.28. The second kappa shape index (κ2) is 8.59. The third-order valence-corrected chi connectivity index (χ3v) is 5.33. The van der Waals surface area contributed by atoms with Crippen LogP contribution in [0.3, 0.4) is 0 Å². The van der Waals surface area contributed by atoms with Gasteiger partial charge in [-0.3, -0.25) is 0 Å². The van der Waals surface area contributed by atoms with Crippen molar-refractivity contribution < 1.29 is 9.47 Å². The van der Waals surface area contributed by atoms with E-state index in [0.717, 1.165) is 51.6 Å². The Morgan fingerprint density at radius 3 is 2.63 bits per heavy atom. The summed E-state index contributed by atoms with van der Waals surface area (Å²) in [5, 5.41) is 9.42. The van der Waals surface area contributed by atoms with Gasteiger partial charge in [0.25, 0.3) is 0 Å². The van der Waals surface area contributed by atoms with E-state index in [2.05, 4.69) is 20.4 Å². The smallest absolute Gasteiger partial charge is 0.168 e. The van der Waals surface area contributed by atoms with Crippen LogP contribution < -0.4 is 14.8 Å². The summed E-state index contributed by atoms with van der Waals surface area (Å²) in [5.74, 6) is 2.18. The lowest BCUT2D eigenvalue weighted by molar-refractivity contribution is 0.354. The first-order chi connectivity index (χ1) is 14.6. The highest BCUT2D eigenvalue weighted by Gasteiger charge is 2.12. The second-order valence-corrected chi connectivity index (χ2v) is 7.22. The van der Waals surface area contributed by atoms with Crippen LogP contribution in [0.4, 0.5) is 5.82 Å². The molecule has 2 aromatic heterocycles. The van der Waals surface area contributed by atoms with Crippen molar-refractivity contribution in [2.45, 2.75) is 13.3 Å². The van der Waals surface area contributed by atoms with Crippen molar-refractivity contribution >= 4 is 28.5 Å². The fraction of sp³-hybridized carbons (Fsp3) is 0.227. The zero-order valence-corrected chi connectivity index (χ0v) is 17.8. The van der Waals surface area contributed by atoms with Gasteiger partial charge in [0.1, 0.15) is 12.1 Å². The summed E-state index contributed by atoms with van der Waals surface area (Å²) in [4.78, 5) is 8.81. The molecule has 1 N–H and O–H groups in total. The van der Waals surface area contributed by atoms with Crippen molar-refractivity contribution in [3.05, 3.63) is 65.1 Å². The summed E-state index contributed by atoms with van der Waals surface area (Å²) in [5.41, 5.74) is 3.73. The number of rotatable bonds is 7. The zero-order chi connectivity index (χ0) is 21.1. The molecule has 0 saturated heterocycles. The van der Waals surface area contributed by atoms with Crippen LogP contribution in [0, 0.1) is 6.92 Å². The molecule has 0 unspecified atom stereocenters. The van der Waals surface area contributed by atoms with Crippen LogP contribution in [0.2, 0.25) is 5.02 Å². The quantitative estimate of drug-likeness (QED) is 0.473. The molecule has 2 aromatic carbocycles. The number of methoxy groups -OCH3 is 2. The molecule has 2 heterocycles. The van der Waals surface area contributed by atoms with Crippen molar-refractivity contribution in [2.75, 3.05) is 26.1 Å². The molecule has 0 spiro atoms. The summed E-state index contributed by atoms with van der Waals surface area (Å²) >= 11 is 6.28. The van der Waals surface area contributed by atoms with Crippen molar-refractivity contribution in [3.8, 4) is 17.2 Å². The summed E-state index contributed by atoms with van der Waals surface area (Å²) in [6.07, 6.45) is 4.10. The van der Waals surface area contributed by atoms with Crippen LogP contribution in [0.1, 0.15) is 11.1 Å². The fourth-order valence-corrected chi connectivity index (χ4v) is 3.42. The Hall–Kier alpha value is -3.32. The number of hydrogen-bond acceptors (Lipinski definition) is 6. The normalized spacial score (nSPS) is 10.9. The maximum absolute atomic E-state index is 6.28. The highest BCUT2D eigenvalue weighted by Crippen LogP contribution is 2.28. The largest absolute Gasteiger partial charge is 0.493 e. The Labute approximate surface area is 179 Å². The number of anilines is 1. The molecule has 0 fully saturated rings. The first-order valence-electron chi connectivity index (χ1n) is 9.50. The van der Waals surface area contributed by atoms with E-state index in [4.69, 9.17) is 21.1 Å². The second-order valence-electron chi connectivity index (χ2n) is 6.82. The Kier molecular flexibility index (Phi) is 5.72. The van der Waals surface area contributed by atoms with E-state index in [-0.39, 0.29) is 0 Å². The number of fused-ring (bicyclic) bond motifs is 1. The molecular formula is C22H22ClN5O2. The summed E-state index contributed by atoms with van der Waals surface area (Å²) in [7, 11) is 3.26. The fourth-order valence-electron chi connectivity index (χ4n) is 3.25. The summed E-state index contributed by atoms with van der Waals surface area (Å²) in [6.45, 7) is 2.67. The van der Waals surface area contributed by atoms with Crippen molar-refractivity contribution in [2.24, 2.45) is 0 Å². The lowest BCUT2D eigenvalue weighted by Gasteiger charge is -2.10. The molecule has 0 radical (unpaired) electrons. The first kappa shape index (κ1) is 20.0. The van der Waals surface area contributed by atoms with Crippen LogP contribution >= 0.6 is 11.6 Å². The lowest BCUT2D eigenvalue weighted by atomic mass is 10.1. The Bertz CT molecular complexity index is 1190. The molecule has 154 valence electrons.